The summed E-state index contributed by atoms with van der Waals surface area (Å²) in [6, 6.07) is 3.30. The molecule has 0 aliphatic carbocycles. The third-order valence-electron chi connectivity index (χ3n) is 0.766. The van der Waals surface area contributed by atoms with E-state index in [1.165, 1.54) is 0 Å². The number of aromatic nitrogens is 4. The summed E-state index contributed by atoms with van der Waals surface area (Å²) in [6.45, 7) is 0. The Morgan fingerprint density at radius 2 is 1.30 bits per heavy atom. The average molecular weight is 132 g/mol. The van der Waals surface area contributed by atoms with E-state index < -0.39 is 0 Å². The SMILES string of the molecule is N#Cc1nnnnc1C#N. The summed E-state index contributed by atoms with van der Waals surface area (Å²) >= 11 is 0. The van der Waals surface area contributed by atoms with Gasteiger partial charge in [-0.05, 0) is 10.4 Å². The van der Waals surface area contributed by atoms with E-state index in [0.29, 0.717) is 0 Å². The van der Waals surface area contributed by atoms with E-state index in [0.717, 1.165) is 0 Å². The zero-order valence-corrected chi connectivity index (χ0v) is 4.68. The second kappa shape index (κ2) is 2.46. The van der Waals surface area contributed by atoms with Crippen molar-refractivity contribution in [2.24, 2.45) is 0 Å². The Bertz CT molecular complexity index is 284. The van der Waals surface area contributed by atoms with Crippen LogP contribution in [0.15, 0.2) is 0 Å². The highest BCUT2D eigenvalue weighted by atomic mass is 15.4. The van der Waals surface area contributed by atoms with Gasteiger partial charge < -0.3 is 0 Å². The summed E-state index contributed by atoms with van der Waals surface area (Å²) in [7, 11) is 0. The van der Waals surface area contributed by atoms with E-state index in [1.54, 1.807) is 12.1 Å². The highest BCUT2D eigenvalue weighted by molar-refractivity contribution is 5.32. The van der Waals surface area contributed by atoms with E-state index in [9.17, 15) is 0 Å². The molecule has 0 bridgehead atoms. The first-order valence-corrected chi connectivity index (χ1v) is 2.24. The predicted octanol–water partition coefficient (Wildman–Crippen LogP) is -0.990. The van der Waals surface area contributed by atoms with E-state index in [1.807, 2.05) is 0 Å². The molecule has 10 heavy (non-hydrogen) atoms. The maximum Gasteiger partial charge on any atom is 0.203 e. The van der Waals surface area contributed by atoms with Crippen LogP contribution in [0.1, 0.15) is 11.4 Å². The topological polar surface area (TPSA) is 99.1 Å². The van der Waals surface area contributed by atoms with Crippen LogP contribution in [0, 0.1) is 22.7 Å². The lowest BCUT2D eigenvalue weighted by Gasteiger charge is -1.83. The Morgan fingerprint density at radius 3 is 1.60 bits per heavy atom. The summed E-state index contributed by atoms with van der Waals surface area (Å²) in [5.74, 6) is 0. The first-order chi connectivity index (χ1) is 4.88. The lowest BCUT2D eigenvalue weighted by Crippen LogP contribution is -1.99. The van der Waals surface area contributed by atoms with Gasteiger partial charge in [0.05, 0.1) is 0 Å². The fourth-order valence-electron chi connectivity index (χ4n) is 0.375. The molecule has 1 heterocycles. The van der Waals surface area contributed by atoms with Crippen LogP contribution in [-0.4, -0.2) is 20.6 Å². The van der Waals surface area contributed by atoms with Gasteiger partial charge >= 0.3 is 0 Å². The summed E-state index contributed by atoms with van der Waals surface area (Å²) in [4.78, 5) is 0. The van der Waals surface area contributed by atoms with Crippen LogP contribution >= 0.6 is 0 Å². The van der Waals surface area contributed by atoms with Crippen molar-refractivity contribution < 1.29 is 0 Å². The van der Waals surface area contributed by atoms with Crippen LogP contribution in [0.5, 0.6) is 0 Å². The molecule has 6 heteroatoms. The van der Waals surface area contributed by atoms with Crippen LogP contribution in [-0.2, 0) is 0 Å². The van der Waals surface area contributed by atoms with Crippen molar-refractivity contribution in [3.63, 3.8) is 0 Å². The van der Waals surface area contributed by atoms with Crippen molar-refractivity contribution in [2.75, 3.05) is 0 Å². The van der Waals surface area contributed by atoms with Gasteiger partial charge in [-0.2, -0.15) is 10.5 Å². The minimum Gasteiger partial charge on any atom is -0.191 e. The molecule has 0 aliphatic heterocycles. The van der Waals surface area contributed by atoms with Gasteiger partial charge in [-0.15, -0.1) is 10.2 Å². The van der Waals surface area contributed by atoms with Crippen molar-refractivity contribution >= 4 is 0 Å². The Hall–Kier alpha value is -2.08. The normalized spacial score (nSPS) is 7.80. The number of hydrogen-bond acceptors (Lipinski definition) is 6. The second-order valence-electron chi connectivity index (χ2n) is 1.30. The highest BCUT2D eigenvalue weighted by Crippen LogP contribution is 1.91. The molecule has 0 unspecified atom stereocenters. The van der Waals surface area contributed by atoms with Crippen molar-refractivity contribution in [1.29, 1.82) is 10.5 Å². The number of hydrogen-bond donors (Lipinski definition) is 0. The van der Waals surface area contributed by atoms with Gasteiger partial charge in [-0.1, -0.05) is 0 Å². The highest BCUT2D eigenvalue weighted by Gasteiger charge is 2.02. The molecule has 0 saturated heterocycles. The van der Waals surface area contributed by atoms with E-state index in [2.05, 4.69) is 20.6 Å². The molecule has 1 aromatic rings. The second-order valence-corrected chi connectivity index (χ2v) is 1.30. The number of nitrogens with zero attached hydrogens (tertiary/aromatic N) is 6. The molecule has 0 atom stereocenters. The molecule has 1 rings (SSSR count). The van der Waals surface area contributed by atoms with Gasteiger partial charge in [0.25, 0.3) is 0 Å². The third kappa shape index (κ3) is 0.858. The summed E-state index contributed by atoms with van der Waals surface area (Å²) in [5.41, 5.74) is -0.199. The van der Waals surface area contributed by atoms with Gasteiger partial charge in [0, 0.05) is 0 Å². The van der Waals surface area contributed by atoms with Crippen molar-refractivity contribution in [3.05, 3.63) is 11.4 Å². The minimum atomic E-state index is -0.0995. The molecule has 0 N–H and O–H groups in total. The predicted molar refractivity (Wildman–Crippen MR) is 27.1 cm³/mol. The molecule has 0 radical (unpaired) electrons. The molecule has 0 aromatic carbocycles. The van der Waals surface area contributed by atoms with Gasteiger partial charge in [-0.3, -0.25) is 0 Å². The standard InChI is InChI=1S/C4N6/c5-1-3-4(2-6)8-10-9-7-3. The largest absolute Gasteiger partial charge is 0.203 e. The fourth-order valence-corrected chi connectivity index (χ4v) is 0.375. The molecule has 0 spiro atoms. The Morgan fingerprint density at radius 1 is 0.900 bits per heavy atom. The molecule has 6 nitrogen and oxygen atoms in total. The zero-order valence-electron chi connectivity index (χ0n) is 4.68. The summed E-state index contributed by atoms with van der Waals surface area (Å²) in [5, 5.41) is 29.2. The third-order valence-corrected chi connectivity index (χ3v) is 0.766. The molecule has 46 valence electrons. The minimum absolute atomic E-state index is 0.0995. The van der Waals surface area contributed by atoms with Crippen molar-refractivity contribution in [1.82, 2.24) is 20.6 Å². The zero-order chi connectivity index (χ0) is 7.40. The summed E-state index contributed by atoms with van der Waals surface area (Å²) in [6.07, 6.45) is 0. The van der Waals surface area contributed by atoms with Gasteiger partial charge in [0.1, 0.15) is 12.1 Å². The van der Waals surface area contributed by atoms with E-state index in [4.69, 9.17) is 10.5 Å². The van der Waals surface area contributed by atoms with Gasteiger partial charge in [0.15, 0.2) is 0 Å². The number of nitriles is 2. The Kier molecular flexibility index (Phi) is 1.49. The van der Waals surface area contributed by atoms with Gasteiger partial charge in [-0.25, -0.2) is 0 Å². The Labute approximate surface area is 55.7 Å². The average Bonchev–Trinajstić information content (AvgIpc) is 2.04. The monoisotopic (exact) mass is 132 g/mol. The lowest BCUT2D eigenvalue weighted by atomic mass is 10.4. The van der Waals surface area contributed by atoms with Crippen LogP contribution in [0.4, 0.5) is 0 Å². The van der Waals surface area contributed by atoms with Crippen molar-refractivity contribution in [3.8, 4) is 12.1 Å². The first-order valence-electron chi connectivity index (χ1n) is 2.24. The fraction of sp³-hybridized carbons (Fsp3) is 0. The molecule has 1 aromatic heterocycles. The molecule has 0 saturated carbocycles. The van der Waals surface area contributed by atoms with Gasteiger partial charge in [0.2, 0.25) is 11.4 Å². The molecule has 0 fully saturated rings. The first kappa shape index (κ1) is 6.05. The maximum absolute atomic E-state index is 8.28. The van der Waals surface area contributed by atoms with E-state index in [-0.39, 0.29) is 11.4 Å². The molecular weight excluding hydrogens is 132 g/mol. The quantitative estimate of drug-likeness (QED) is 0.449. The van der Waals surface area contributed by atoms with Crippen LogP contribution < -0.4 is 0 Å². The Balaban J connectivity index is 3.28. The molecular formula is C4N6. The smallest absolute Gasteiger partial charge is 0.191 e. The van der Waals surface area contributed by atoms with Crippen LogP contribution in [0.3, 0.4) is 0 Å². The van der Waals surface area contributed by atoms with Crippen molar-refractivity contribution in [2.45, 2.75) is 0 Å². The van der Waals surface area contributed by atoms with Crippen LogP contribution in [0.25, 0.3) is 0 Å². The maximum atomic E-state index is 8.28. The number of rotatable bonds is 0. The van der Waals surface area contributed by atoms with E-state index >= 15 is 0 Å². The summed E-state index contributed by atoms with van der Waals surface area (Å²) < 4.78 is 0. The van der Waals surface area contributed by atoms with Crippen LogP contribution in [0.2, 0.25) is 0 Å². The lowest BCUT2D eigenvalue weighted by molar-refractivity contribution is 0.745. The molecule has 0 amide bonds. The molecule has 0 aliphatic rings.